The first-order valence-corrected chi connectivity index (χ1v) is 11.1. The summed E-state index contributed by atoms with van der Waals surface area (Å²) >= 11 is 0. The zero-order valence-corrected chi connectivity index (χ0v) is 19.4. The number of carbonyl (C=O) groups excluding carboxylic acids is 1. The van der Waals surface area contributed by atoms with Crippen LogP contribution in [0.2, 0.25) is 0 Å². The number of aryl methyl sites for hydroxylation is 1. The zero-order valence-electron chi connectivity index (χ0n) is 19.4. The number of fused-ring (bicyclic) bond motifs is 1. The summed E-state index contributed by atoms with van der Waals surface area (Å²) in [5.41, 5.74) is 3.79. The lowest BCUT2D eigenvalue weighted by atomic mass is 9.98. The number of alkyl halides is 1. The summed E-state index contributed by atoms with van der Waals surface area (Å²) in [5.74, 6) is 1.64. The Bertz CT molecular complexity index is 934. The van der Waals surface area contributed by atoms with Gasteiger partial charge in [-0.15, -0.1) is 0 Å². The Labute approximate surface area is 189 Å². The van der Waals surface area contributed by atoms with Gasteiger partial charge in [0.15, 0.2) is 11.5 Å². The van der Waals surface area contributed by atoms with E-state index in [4.69, 9.17) is 14.2 Å². The molecule has 1 unspecified atom stereocenters. The first-order chi connectivity index (χ1) is 15.5. The van der Waals surface area contributed by atoms with E-state index >= 15 is 0 Å². The van der Waals surface area contributed by atoms with Crippen LogP contribution in [0.1, 0.15) is 46.8 Å². The second-order valence-electron chi connectivity index (χ2n) is 8.01. The maximum atomic E-state index is 13.2. The molecule has 0 saturated heterocycles. The van der Waals surface area contributed by atoms with E-state index in [0.717, 1.165) is 37.1 Å². The van der Waals surface area contributed by atoms with Crippen molar-refractivity contribution in [3.8, 4) is 17.2 Å². The highest BCUT2D eigenvalue weighted by molar-refractivity contribution is 5.97. The highest BCUT2D eigenvalue weighted by Gasteiger charge is 2.27. The Balaban J connectivity index is 1.79. The predicted octanol–water partition coefficient (Wildman–Crippen LogP) is 4.27. The predicted molar refractivity (Wildman–Crippen MR) is 122 cm³/mol. The van der Waals surface area contributed by atoms with Crippen LogP contribution in [0.5, 0.6) is 17.2 Å². The van der Waals surface area contributed by atoms with Gasteiger partial charge in [0.05, 0.1) is 25.9 Å². The molecule has 0 aliphatic carbocycles. The molecular weight excluding hydrogens is 411 g/mol. The molecule has 1 heterocycles. The molecule has 0 aromatic heterocycles. The lowest BCUT2D eigenvalue weighted by Gasteiger charge is -2.36. The SMILES string of the molecule is CCCC(NC(=O)c1cc(C)ccc1OCCF)N1CCc2cc(OC)c(OC)cc2C1. The molecule has 2 aromatic carbocycles. The number of nitrogens with one attached hydrogen (secondary N) is 1. The number of methoxy groups -OCH3 is 2. The van der Waals surface area contributed by atoms with Crippen molar-refractivity contribution in [1.82, 2.24) is 10.2 Å². The molecule has 0 spiro atoms. The van der Waals surface area contributed by atoms with Gasteiger partial charge in [-0.2, -0.15) is 0 Å². The van der Waals surface area contributed by atoms with Crippen LogP contribution in [-0.2, 0) is 13.0 Å². The van der Waals surface area contributed by atoms with Gasteiger partial charge in [-0.05, 0) is 55.2 Å². The average Bonchev–Trinajstić information content (AvgIpc) is 2.81. The van der Waals surface area contributed by atoms with Crippen LogP contribution in [0.15, 0.2) is 30.3 Å². The normalized spacial score (nSPS) is 14.4. The van der Waals surface area contributed by atoms with Gasteiger partial charge in [0, 0.05) is 13.1 Å². The van der Waals surface area contributed by atoms with E-state index in [1.807, 2.05) is 25.1 Å². The summed E-state index contributed by atoms with van der Waals surface area (Å²) in [6.07, 6.45) is 2.49. The number of halogens is 1. The smallest absolute Gasteiger partial charge is 0.256 e. The summed E-state index contributed by atoms with van der Waals surface area (Å²) in [5, 5.41) is 3.19. The first-order valence-electron chi connectivity index (χ1n) is 11.1. The molecule has 174 valence electrons. The molecule has 1 aliphatic rings. The first kappa shape index (κ1) is 23.9. The molecule has 1 atom stereocenters. The minimum Gasteiger partial charge on any atom is -0.493 e. The van der Waals surface area contributed by atoms with E-state index in [1.165, 1.54) is 11.1 Å². The summed E-state index contributed by atoms with van der Waals surface area (Å²) in [6, 6.07) is 9.44. The van der Waals surface area contributed by atoms with Crippen molar-refractivity contribution in [2.45, 2.75) is 45.8 Å². The molecule has 6 nitrogen and oxygen atoms in total. The molecule has 1 amide bonds. The van der Waals surface area contributed by atoms with Gasteiger partial charge in [-0.25, -0.2) is 4.39 Å². The summed E-state index contributed by atoms with van der Waals surface area (Å²) in [7, 11) is 3.28. The van der Waals surface area contributed by atoms with E-state index in [9.17, 15) is 9.18 Å². The topological polar surface area (TPSA) is 60.0 Å². The average molecular weight is 445 g/mol. The summed E-state index contributed by atoms with van der Waals surface area (Å²) in [4.78, 5) is 15.5. The minimum atomic E-state index is -0.602. The van der Waals surface area contributed by atoms with Crippen LogP contribution in [0.3, 0.4) is 0 Å². The number of amides is 1. The van der Waals surface area contributed by atoms with E-state index < -0.39 is 6.67 Å². The molecule has 1 N–H and O–H groups in total. The second-order valence-corrected chi connectivity index (χ2v) is 8.01. The lowest BCUT2D eigenvalue weighted by molar-refractivity contribution is 0.0807. The molecular formula is C25H33FN2O4. The van der Waals surface area contributed by atoms with Gasteiger partial charge in [-0.3, -0.25) is 9.69 Å². The van der Waals surface area contributed by atoms with Crippen LogP contribution in [0.4, 0.5) is 4.39 Å². The standard InChI is InChI=1S/C25H33FN2O4/c1-5-6-24(27-25(29)20-13-17(2)7-8-21(20)32-12-10-26)28-11-9-18-14-22(30-3)23(31-4)15-19(18)16-28/h7-8,13-15,24H,5-6,9-12,16H2,1-4H3,(H,27,29). The molecule has 3 rings (SSSR count). The minimum absolute atomic E-state index is 0.0735. The van der Waals surface area contributed by atoms with Gasteiger partial charge in [-0.1, -0.05) is 25.0 Å². The third-order valence-electron chi connectivity index (χ3n) is 5.76. The Morgan fingerprint density at radius 3 is 2.50 bits per heavy atom. The van der Waals surface area contributed by atoms with E-state index in [0.29, 0.717) is 23.6 Å². The maximum absolute atomic E-state index is 13.2. The number of carbonyl (C=O) groups is 1. The number of hydrogen-bond donors (Lipinski definition) is 1. The number of benzene rings is 2. The maximum Gasteiger partial charge on any atom is 0.256 e. The third-order valence-corrected chi connectivity index (χ3v) is 5.76. The largest absolute Gasteiger partial charge is 0.493 e. The van der Waals surface area contributed by atoms with Crippen molar-refractivity contribution in [3.05, 3.63) is 52.6 Å². The number of ether oxygens (including phenoxy) is 3. The molecule has 1 aliphatic heterocycles. The van der Waals surface area contributed by atoms with Crippen molar-refractivity contribution < 1.29 is 23.4 Å². The number of hydrogen-bond acceptors (Lipinski definition) is 5. The van der Waals surface area contributed by atoms with E-state index in [2.05, 4.69) is 17.1 Å². The number of rotatable bonds is 10. The molecule has 0 bridgehead atoms. The van der Waals surface area contributed by atoms with E-state index in [-0.39, 0.29) is 18.7 Å². The van der Waals surface area contributed by atoms with Crippen molar-refractivity contribution in [1.29, 1.82) is 0 Å². The van der Waals surface area contributed by atoms with Gasteiger partial charge in [0.25, 0.3) is 5.91 Å². The summed E-state index contributed by atoms with van der Waals surface area (Å²) < 4.78 is 29.0. The quantitative estimate of drug-likeness (QED) is 0.593. The van der Waals surface area contributed by atoms with Crippen molar-refractivity contribution >= 4 is 5.91 Å². The third kappa shape index (κ3) is 5.51. The molecule has 0 fully saturated rings. The monoisotopic (exact) mass is 444 g/mol. The Morgan fingerprint density at radius 2 is 1.84 bits per heavy atom. The zero-order chi connectivity index (χ0) is 23.1. The summed E-state index contributed by atoms with van der Waals surface area (Å²) in [6.45, 7) is 4.88. The van der Waals surface area contributed by atoms with Crippen LogP contribution in [-0.4, -0.2) is 51.0 Å². The van der Waals surface area contributed by atoms with Gasteiger partial charge < -0.3 is 19.5 Å². The molecule has 2 aromatic rings. The second kappa shape index (κ2) is 11.2. The highest BCUT2D eigenvalue weighted by atomic mass is 19.1. The lowest BCUT2D eigenvalue weighted by Crippen LogP contribution is -2.49. The van der Waals surface area contributed by atoms with Crippen LogP contribution in [0, 0.1) is 6.92 Å². The van der Waals surface area contributed by atoms with E-state index in [1.54, 1.807) is 26.4 Å². The van der Waals surface area contributed by atoms with Crippen LogP contribution < -0.4 is 19.5 Å². The van der Waals surface area contributed by atoms with Gasteiger partial charge in [0.2, 0.25) is 0 Å². The fraction of sp³-hybridized carbons (Fsp3) is 0.480. The van der Waals surface area contributed by atoms with Crippen molar-refractivity contribution in [2.24, 2.45) is 0 Å². The van der Waals surface area contributed by atoms with Crippen molar-refractivity contribution in [2.75, 3.05) is 34.0 Å². The van der Waals surface area contributed by atoms with Gasteiger partial charge in [0.1, 0.15) is 19.0 Å². The Morgan fingerprint density at radius 1 is 1.12 bits per heavy atom. The Hall–Kier alpha value is -2.80. The Kier molecular flexibility index (Phi) is 8.33. The fourth-order valence-corrected chi connectivity index (χ4v) is 4.12. The molecule has 0 radical (unpaired) electrons. The number of nitrogens with zero attached hydrogens (tertiary/aromatic N) is 1. The van der Waals surface area contributed by atoms with Crippen molar-refractivity contribution in [3.63, 3.8) is 0 Å². The fourth-order valence-electron chi connectivity index (χ4n) is 4.12. The van der Waals surface area contributed by atoms with Crippen LogP contribution >= 0.6 is 0 Å². The van der Waals surface area contributed by atoms with Gasteiger partial charge >= 0.3 is 0 Å². The molecule has 0 saturated carbocycles. The molecule has 7 heteroatoms. The highest BCUT2D eigenvalue weighted by Crippen LogP contribution is 2.34. The molecule has 32 heavy (non-hydrogen) atoms. The van der Waals surface area contributed by atoms with Crippen LogP contribution in [0.25, 0.3) is 0 Å².